The molecule has 0 spiro atoms. The van der Waals surface area contributed by atoms with Crippen molar-refractivity contribution >= 4 is 5.96 Å². The maximum absolute atomic E-state index is 4.63. The first-order valence-electron chi connectivity index (χ1n) is 7.66. The Hall–Kier alpha value is -2.37. The average molecular weight is 300 g/mol. The Morgan fingerprint density at radius 2 is 2.18 bits per heavy atom. The molecule has 2 aromatic rings. The first-order valence-corrected chi connectivity index (χ1v) is 7.66. The number of hydrogen-bond acceptors (Lipinski definition) is 3. The van der Waals surface area contributed by atoms with Gasteiger partial charge in [0, 0.05) is 18.7 Å². The van der Waals surface area contributed by atoms with E-state index in [1.807, 2.05) is 12.1 Å². The zero-order chi connectivity index (χ0) is 15.8. The van der Waals surface area contributed by atoms with Crippen molar-refractivity contribution in [3.63, 3.8) is 0 Å². The standard InChI is InChI=1S/C16H24N6/c1-4-17-16(18-9-12(2)3)19-10-13-6-5-7-14(8-13)15-20-11-21-22-15/h5-8,11-12H,4,9-10H2,1-3H3,(H2,17,18,19)(H,20,21,22). The van der Waals surface area contributed by atoms with Crippen molar-refractivity contribution in [1.82, 2.24) is 25.8 Å². The number of benzene rings is 1. The van der Waals surface area contributed by atoms with Crippen molar-refractivity contribution in [2.24, 2.45) is 10.9 Å². The molecule has 0 aliphatic carbocycles. The molecule has 2 rings (SSSR count). The number of rotatable bonds is 6. The molecule has 6 nitrogen and oxygen atoms in total. The van der Waals surface area contributed by atoms with Crippen LogP contribution in [0.4, 0.5) is 0 Å². The summed E-state index contributed by atoms with van der Waals surface area (Å²) in [5, 5.41) is 13.4. The Labute approximate surface area is 131 Å². The van der Waals surface area contributed by atoms with Crippen molar-refractivity contribution in [1.29, 1.82) is 0 Å². The fraction of sp³-hybridized carbons (Fsp3) is 0.438. The smallest absolute Gasteiger partial charge is 0.191 e. The number of hydrogen-bond donors (Lipinski definition) is 3. The Bertz CT molecular complexity index is 588. The van der Waals surface area contributed by atoms with Crippen LogP contribution in [0.25, 0.3) is 11.4 Å². The zero-order valence-electron chi connectivity index (χ0n) is 13.4. The molecule has 0 aliphatic heterocycles. The fourth-order valence-electron chi connectivity index (χ4n) is 1.97. The molecule has 0 fully saturated rings. The highest BCUT2D eigenvalue weighted by molar-refractivity contribution is 5.79. The molecular formula is C16H24N6. The van der Waals surface area contributed by atoms with Crippen LogP contribution < -0.4 is 10.6 Å². The van der Waals surface area contributed by atoms with Crippen molar-refractivity contribution in [2.45, 2.75) is 27.3 Å². The fourth-order valence-corrected chi connectivity index (χ4v) is 1.97. The third-order valence-electron chi connectivity index (χ3n) is 3.06. The van der Waals surface area contributed by atoms with Crippen LogP contribution in [0.5, 0.6) is 0 Å². The van der Waals surface area contributed by atoms with Crippen LogP contribution in [-0.2, 0) is 6.54 Å². The number of guanidine groups is 1. The maximum atomic E-state index is 4.63. The Morgan fingerprint density at radius 3 is 2.86 bits per heavy atom. The van der Waals surface area contributed by atoms with E-state index in [1.165, 1.54) is 6.33 Å². The predicted molar refractivity (Wildman–Crippen MR) is 89.5 cm³/mol. The quantitative estimate of drug-likeness (QED) is 0.564. The lowest BCUT2D eigenvalue weighted by atomic mass is 10.1. The second-order valence-corrected chi connectivity index (χ2v) is 5.50. The van der Waals surface area contributed by atoms with Crippen molar-refractivity contribution < 1.29 is 0 Å². The molecule has 0 saturated carbocycles. The summed E-state index contributed by atoms with van der Waals surface area (Å²) < 4.78 is 0. The van der Waals surface area contributed by atoms with Gasteiger partial charge in [-0.15, -0.1) is 0 Å². The number of nitrogens with one attached hydrogen (secondary N) is 3. The topological polar surface area (TPSA) is 78.0 Å². The lowest BCUT2D eigenvalue weighted by Crippen LogP contribution is -2.39. The number of aromatic nitrogens is 3. The van der Waals surface area contributed by atoms with Gasteiger partial charge in [0.05, 0.1) is 6.54 Å². The number of aliphatic imine (C=N–C) groups is 1. The third-order valence-corrected chi connectivity index (χ3v) is 3.06. The van der Waals surface area contributed by atoms with E-state index >= 15 is 0 Å². The van der Waals surface area contributed by atoms with Gasteiger partial charge >= 0.3 is 0 Å². The predicted octanol–water partition coefficient (Wildman–Crippen LogP) is 2.18. The summed E-state index contributed by atoms with van der Waals surface area (Å²) in [6.07, 6.45) is 1.51. The van der Waals surface area contributed by atoms with Gasteiger partial charge in [0.25, 0.3) is 0 Å². The van der Waals surface area contributed by atoms with Crippen LogP contribution in [-0.4, -0.2) is 34.2 Å². The summed E-state index contributed by atoms with van der Waals surface area (Å²) in [5.74, 6) is 2.20. The summed E-state index contributed by atoms with van der Waals surface area (Å²) in [6, 6.07) is 8.17. The van der Waals surface area contributed by atoms with Gasteiger partial charge in [-0.05, 0) is 24.5 Å². The molecule has 0 unspecified atom stereocenters. The molecule has 0 radical (unpaired) electrons. The van der Waals surface area contributed by atoms with E-state index in [2.05, 4.69) is 63.7 Å². The molecule has 1 aromatic carbocycles. The molecule has 0 saturated heterocycles. The minimum absolute atomic E-state index is 0.582. The van der Waals surface area contributed by atoms with E-state index in [0.717, 1.165) is 36.0 Å². The molecule has 0 aliphatic rings. The summed E-state index contributed by atoms with van der Waals surface area (Å²) in [4.78, 5) is 8.80. The van der Waals surface area contributed by atoms with E-state index in [-0.39, 0.29) is 0 Å². The molecular weight excluding hydrogens is 276 g/mol. The van der Waals surface area contributed by atoms with Gasteiger partial charge in [-0.3, -0.25) is 5.10 Å². The number of aromatic amines is 1. The monoisotopic (exact) mass is 300 g/mol. The average Bonchev–Trinajstić information content (AvgIpc) is 3.04. The molecule has 1 heterocycles. The molecule has 0 bridgehead atoms. The van der Waals surface area contributed by atoms with E-state index in [1.54, 1.807) is 0 Å². The van der Waals surface area contributed by atoms with E-state index in [0.29, 0.717) is 12.5 Å². The molecule has 1 aromatic heterocycles. The highest BCUT2D eigenvalue weighted by Crippen LogP contribution is 2.15. The molecule has 22 heavy (non-hydrogen) atoms. The minimum atomic E-state index is 0.582. The molecule has 118 valence electrons. The zero-order valence-corrected chi connectivity index (χ0v) is 13.4. The third kappa shape index (κ3) is 4.87. The first kappa shape index (κ1) is 16.0. The van der Waals surface area contributed by atoms with Gasteiger partial charge in [-0.2, -0.15) is 5.10 Å². The highest BCUT2D eigenvalue weighted by Gasteiger charge is 2.03. The SMILES string of the molecule is CCNC(=NCc1cccc(-c2ncn[nH]2)c1)NCC(C)C. The van der Waals surface area contributed by atoms with Crippen molar-refractivity contribution in [2.75, 3.05) is 13.1 Å². The van der Waals surface area contributed by atoms with Crippen molar-refractivity contribution in [3.05, 3.63) is 36.2 Å². The van der Waals surface area contributed by atoms with Gasteiger partial charge in [0.15, 0.2) is 11.8 Å². The highest BCUT2D eigenvalue weighted by atomic mass is 15.2. The Kier molecular flexibility index (Phi) is 5.94. The molecule has 0 atom stereocenters. The van der Waals surface area contributed by atoms with Crippen LogP contribution in [0.1, 0.15) is 26.3 Å². The number of H-pyrrole nitrogens is 1. The van der Waals surface area contributed by atoms with Gasteiger partial charge in [-0.25, -0.2) is 9.98 Å². The maximum Gasteiger partial charge on any atom is 0.191 e. The minimum Gasteiger partial charge on any atom is -0.357 e. The lowest BCUT2D eigenvalue weighted by molar-refractivity contribution is 0.615. The van der Waals surface area contributed by atoms with Crippen LogP contribution in [0, 0.1) is 5.92 Å². The largest absolute Gasteiger partial charge is 0.357 e. The van der Waals surface area contributed by atoms with Gasteiger partial charge < -0.3 is 10.6 Å². The number of nitrogens with zero attached hydrogens (tertiary/aromatic N) is 3. The lowest BCUT2D eigenvalue weighted by Gasteiger charge is -2.13. The normalized spacial score (nSPS) is 11.7. The Morgan fingerprint density at radius 1 is 1.32 bits per heavy atom. The summed E-state index contributed by atoms with van der Waals surface area (Å²) in [5.41, 5.74) is 2.15. The second-order valence-electron chi connectivity index (χ2n) is 5.50. The van der Waals surface area contributed by atoms with E-state index in [4.69, 9.17) is 0 Å². The molecule has 6 heteroatoms. The van der Waals surface area contributed by atoms with Gasteiger partial charge in [0.1, 0.15) is 6.33 Å². The van der Waals surface area contributed by atoms with Crippen LogP contribution in [0.3, 0.4) is 0 Å². The molecule has 0 amide bonds. The molecule has 3 N–H and O–H groups in total. The van der Waals surface area contributed by atoms with Gasteiger partial charge in [-0.1, -0.05) is 32.0 Å². The van der Waals surface area contributed by atoms with Gasteiger partial charge in [0.2, 0.25) is 0 Å². The van der Waals surface area contributed by atoms with E-state index < -0.39 is 0 Å². The summed E-state index contributed by atoms with van der Waals surface area (Å²) in [6.45, 7) is 8.80. The second kappa shape index (κ2) is 8.17. The van der Waals surface area contributed by atoms with Crippen LogP contribution in [0.15, 0.2) is 35.6 Å². The van der Waals surface area contributed by atoms with Crippen LogP contribution >= 0.6 is 0 Å². The Balaban J connectivity index is 2.05. The van der Waals surface area contributed by atoms with Crippen molar-refractivity contribution in [3.8, 4) is 11.4 Å². The summed E-state index contributed by atoms with van der Waals surface area (Å²) in [7, 11) is 0. The first-order chi connectivity index (χ1) is 10.7. The van der Waals surface area contributed by atoms with Crippen LogP contribution in [0.2, 0.25) is 0 Å². The van der Waals surface area contributed by atoms with E-state index in [9.17, 15) is 0 Å². The summed E-state index contributed by atoms with van der Waals surface area (Å²) >= 11 is 0.